The third-order valence-electron chi connectivity index (χ3n) is 2.82. The van der Waals surface area contributed by atoms with Gasteiger partial charge in [-0.05, 0) is 35.0 Å². The first-order valence-electron chi connectivity index (χ1n) is 5.00. The monoisotopic (exact) mass is 214 g/mol. The van der Waals surface area contributed by atoms with Crippen LogP contribution in [0.25, 0.3) is 20.9 Å². The van der Waals surface area contributed by atoms with Crippen LogP contribution in [0, 0.1) is 0 Å². The van der Waals surface area contributed by atoms with Crippen molar-refractivity contribution < 1.29 is 0 Å². The van der Waals surface area contributed by atoms with Gasteiger partial charge in [0.15, 0.2) is 0 Å². The molecule has 0 saturated carbocycles. The van der Waals surface area contributed by atoms with Gasteiger partial charge in [0, 0.05) is 9.82 Å². The largest absolute Gasteiger partial charge is 0.0898 e. The van der Waals surface area contributed by atoms with Gasteiger partial charge in [-0.25, -0.2) is 0 Å². The number of hydrogen-bond acceptors (Lipinski definition) is 2. The van der Waals surface area contributed by atoms with Crippen molar-refractivity contribution in [2.24, 2.45) is 10.2 Å². The van der Waals surface area contributed by atoms with E-state index in [1.54, 1.807) is 0 Å². The second-order valence-electron chi connectivity index (χ2n) is 3.72. The Bertz CT molecular complexity index is 439. The van der Waals surface area contributed by atoms with E-state index in [-0.39, 0.29) is 12.1 Å². The molecule has 0 radical (unpaired) electrons. The maximum Gasteiger partial charge on any atom is 0.0502 e. The fourth-order valence-electron chi connectivity index (χ4n) is 2.05. The van der Waals surface area contributed by atoms with Crippen molar-refractivity contribution in [3.63, 3.8) is 0 Å². The van der Waals surface area contributed by atoms with Gasteiger partial charge in [0.25, 0.3) is 0 Å². The zero-order valence-electron chi connectivity index (χ0n) is 8.56. The van der Waals surface area contributed by atoms with E-state index in [2.05, 4.69) is 20.1 Å². The molecule has 6 heteroatoms. The maximum absolute atomic E-state index is 8.48. The molecule has 6 nitrogen and oxygen atoms in total. The molecule has 0 fully saturated rings. The van der Waals surface area contributed by atoms with Gasteiger partial charge < -0.3 is 0 Å². The lowest BCUT2D eigenvalue weighted by Gasteiger charge is -2.26. The molecule has 1 aliphatic carbocycles. The molecular formula is C10H10N6. The zero-order chi connectivity index (χ0) is 11.4. The minimum atomic E-state index is -0.268. The van der Waals surface area contributed by atoms with E-state index in [4.69, 9.17) is 11.1 Å². The van der Waals surface area contributed by atoms with Crippen LogP contribution < -0.4 is 0 Å². The van der Waals surface area contributed by atoms with Crippen LogP contribution in [0.4, 0.5) is 0 Å². The molecule has 16 heavy (non-hydrogen) atoms. The highest BCUT2D eigenvalue weighted by Crippen LogP contribution is 2.25. The van der Waals surface area contributed by atoms with E-state index < -0.39 is 0 Å². The number of azide groups is 2. The third-order valence-corrected chi connectivity index (χ3v) is 2.82. The summed E-state index contributed by atoms with van der Waals surface area (Å²) in [4.78, 5) is 5.61. The van der Waals surface area contributed by atoms with Crippen LogP contribution in [0.5, 0.6) is 0 Å². The van der Waals surface area contributed by atoms with E-state index in [1.165, 1.54) is 11.1 Å². The molecule has 1 aromatic rings. The molecule has 0 N–H and O–H groups in total. The fourth-order valence-corrected chi connectivity index (χ4v) is 2.05. The third kappa shape index (κ3) is 1.93. The summed E-state index contributed by atoms with van der Waals surface area (Å²) >= 11 is 0. The highest BCUT2D eigenvalue weighted by atomic mass is 15.2. The lowest BCUT2D eigenvalue weighted by atomic mass is 9.85. The summed E-state index contributed by atoms with van der Waals surface area (Å²) in [5.74, 6) is 0. The molecule has 0 bridgehead atoms. The van der Waals surface area contributed by atoms with Crippen LogP contribution in [0.2, 0.25) is 0 Å². The standard InChI is InChI=1S/C10H10N6/c11-15-13-9-5-7-3-1-2-4-8(7)6-10(9)14-16-12/h1-4,9-10H,5-6H2/t9-,10-/m0/s1. The van der Waals surface area contributed by atoms with Crippen LogP contribution in [0.1, 0.15) is 11.1 Å². The first-order chi connectivity index (χ1) is 7.85. The summed E-state index contributed by atoms with van der Waals surface area (Å²) in [6, 6.07) is 7.41. The number of fused-ring (bicyclic) bond motifs is 1. The summed E-state index contributed by atoms with van der Waals surface area (Å²) < 4.78 is 0. The minimum absolute atomic E-state index is 0.268. The molecule has 80 valence electrons. The predicted molar refractivity (Wildman–Crippen MR) is 59.7 cm³/mol. The molecule has 1 aromatic carbocycles. The van der Waals surface area contributed by atoms with Gasteiger partial charge in [0.1, 0.15) is 0 Å². The smallest absolute Gasteiger partial charge is 0.0502 e. The van der Waals surface area contributed by atoms with Crippen molar-refractivity contribution in [3.05, 3.63) is 56.3 Å². The quantitative estimate of drug-likeness (QED) is 0.410. The summed E-state index contributed by atoms with van der Waals surface area (Å²) in [5.41, 5.74) is 19.3. The molecule has 0 aromatic heterocycles. The van der Waals surface area contributed by atoms with Gasteiger partial charge in [0.2, 0.25) is 0 Å². The Labute approximate surface area is 92.2 Å². The van der Waals surface area contributed by atoms with Crippen LogP contribution >= 0.6 is 0 Å². The van der Waals surface area contributed by atoms with Gasteiger partial charge in [-0.15, -0.1) is 0 Å². The SMILES string of the molecule is [N-]=[N+]=N[C@H]1Cc2ccccc2C[C@@H]1N=[N+]=[N-]. The molecule has 2 rings (SSSR count). The number of rotatable bonds is 2. The second kappa shape index (κ2) is 4.57. The lowest BCUT2D eigenvalue weighted by molar-refractivity contribution is 0.489. The van der Waals surface area contributed by atoms with Crippen molar-refractivity contribution in [2.75, 3.05) is 0 Å². The van der Waals surface area contributed by atoms with E-state index in [0.29, 0.717) is 12.8 Å². The van der Waals surface area contributed by atoms with Crippen molar-refractivity contribution in [2.45, 2.75) is 24.9 Å². The van der Waals surface area contributed by atoms with Crippen LogP contribution in [0.3, 0.4) is 0 Å². The Morgan fingerprint density at radius 1 is 0.938 bits per heavy atom. The van der Waals surface area contributed by atoms with E-state index in [0.717, 1.165) is 0 Å². The van der Waals surface area contributed by atoms with Gasteiger partial charge >= 0.3 is 0 Å². The first-order valence-corrected chi connectivity index (χ1v) is 5.00. The van der Waals surface area contributed by atoms with Crippen molar-refractivity contribution in [1.29, 1.82) is 0 Å². The van der Waals surface area contributed by atoms with E-state index >= 15 is 0 Å². The van der Waals surface area contributed by atoms with E-state index in [9.17, 15) is 0 Å². The summed E-state index contributed by atoms with van der Waals surface area (Å²) in [6.45, 7) is 0. The van der Waals surface area contributed by atoms with Crippen molar-refractivity contribution >= 4 is 0 Å². The normalized spacial score (nSPS) is 22.5. The van der Waals surface area contributed by atoms with Gasteiger partial charge in [-0.2, -0.15) is 0 Å². The van der Waals surface area contributed by atoms with Crippen molar-refractivity contribution in [1.82, 2.24) is 0 Å². The Hall–Kier alpha value is -2.16. The predicted octanol–water partition coefficient (Wildman–Crippen LogP) is 3.14. The van der Waals surface area contributed by atoms with Gasteiger partial charge in [-0.3, -0.25) is 0 Å². The first kappa shape index (κ1) is 10.4. The zero-order valence-corrected chi connectivity index (χ0v) is 8.56. The highest BCUT2D eigenvalue weighted by molar-refractivity contribution is 5.32. The molecular weight excluding hydrogens is 204 g/mol. The molecule has 0 aliphatic heterocycles. The molecule has 0 heterocycles. The molecule has 0 unspecified atom stereocenters. The number of benzene rings is 1. The highest BCUT2D eigenvalue weighted by Gasteiger charge is 2.26. The minimum Gasteiger partial charge on any atom is -0.0898 e. The van der Waals surface area contributed by atoms with Gasteiger partial charge in [-0.1, -0.05) is 34.5 Å². The summed E-state index contributed by atoms with van der Waals surface area (Å²) in [5, 5.41) is 7.40. The molecule has 0 amide bonds. The van der Waals surface area contributed by atoms with Crippen LogP contribution in [0.15, 0.2) is 34.5 Å². The molecule has 2 atom stereocenters. The Morgan fingerprint density at radius 3 is 1.75 bits per heavy atom. The van der Waals surface area contributed by atoms with Crippen LogP contribution in [-0.4, -0.2) is 12.1 Å². The number of hydrogen-bond donors (Lipinski definition) is 0. The average molecular weight is 214 g/mol. The van der Waals surface area contributed by atoms with Gasteiger partial charge in [0.05, 0.1) is 12.1 Å². The lowest BCUT2D eigenvalue weighted by Crippen LogP contribution is -2.31. The topological polar surface area (TPSA) is 97.5 Å². The average Bonchev–Trinajstić information content (AvgIpc) is 2.30. The van der Waals surface area contributed by atoms with E-state index in [1.807, 2.05) is 24.3 Å². The Kier molecular flexibility index (Phi) is 2.96. The maximum atomic E-state index is 8.48. The number of nitrogens with zero attached hydrogens (tertiary/aromatic N) is 6. The Balaban J connectivity index is 2.36. The second-order valence-corrected chi connectivity index (χ2v) is 3.72. The van der Waals surface area contributed by atoms with Crippen LogP contribution in [-0.2, 0) is 12.8 Å². The Morgan fingerprint density at radius 2 is 1.38 bits per heavy atom. The summed E-state index contributed by atoms with van der Waals surface area (Å²) in [6.07, 6.45) is 1.29. The molecule has 1 aliphatic rings. The fraction of sp³-hybridized carbons (Fsp3) is 0.400. The molecule has 0 saturated heterocycles. The van der Waals surface area contributed by atoms with Crippen molar-refractivity contribution in [3.8, 4) is 0 Å². The summed E-state index contributed by atoms with van der Waals surface area (Å²) in [7, 11) is 0. The molecule has 0 spiro atoms.